The number of hydrazone groups is 1. The van der Waals surface area contributed by atoms with E-state index in [-0.39, 0.29) is 25.0 Å². The molecule has 0 fully saturated rings. The van der Waals surface area contributed by atoms with E-state index in [1.54, 1.807) is 20.8 Å². The molecule has 0 aliphatic carbocycles. The lowest BCUT2D eigenvalue weighted by Gasteiger charge is -2.15. The highest BCUT2D eigenvalue weighted by Gasteiger charge is 2.25. The summed E-state index contributed by atoms with van der Waals surface area (Å²) in [6.45, 7) is 6.55. The molecule has 0 saturated heterocycles. The normalized spacial score (nSPS) is 12.2. The van der Waals surface area contributed by atoms with Gasteiger partial charge in [0.1, 0.15) is 27.4 Å². The fraction of sp³-hybridized carbons (Fsp3) is 0.400. The molecule has 3 rings (SSSR count). The number of rotatable bonds is 10. The average molecular weight is 565 g/mol. The number of aliphatic hydroxyl groups excluding tert-OH is 1. The molecule has 12 nitrogen and oxygen atoms in total. The smallest absolute Gasteiger partial charge is 0.332 e. The first-order valence-electron chi connectivity index (χ1n) is 11.8. The van der Waals surface area contributed by atoms with Gasteiger partial charge in [0.2, 0.25) is 0 Å². The highest BCUT2D eigenvalue weighted by molar-refractivity contribution is 7.22. The van der Waals surface area contributed by atoms with Crippen LogP contribution in [0.1, 0.15) is 37.9 Å². The summed E-state index contributed by atoms with van der Waals surface area (Å²) in [5.41, 5.74) is 7.12. The monoisotopic (exact) mass is 564 g/mol. The lowest BCUT2D eigenvalue weighted by Crippen LogP contribution is -2.43. The number of aromatic nitrogens is 2. The van der Waals surface area contributed by atoms with Gasteiger partial charge in [-0.2, -0.15) is 5.10 Å². The minimum absolute atomic E-state index is 0.0466. The number of aliphatic carboxylic acids is 1. The number of benzene rings is 1. The summed E-state index contributed by atoms with van der Waals surface area (Å²) < 4.78 is 21.1. The van der Waals surface area contributed by atoms with Crippen LogP contribution in [0.4, 0.5) is 9.39 Å². The van der Waals surface area contributed by atoms with E-state index in [9.17, 15) is 23.9 Å². The Hall–Kier alpha value is -3.88. The molecular weight excluding hydrogens is 531 g/mol. The molecule has 212 valence electrons. The van der Waals surface area contributed by atoms with Crippen molar-refractivity contribution < 1.29 is 24.1 Å². The van der Waals surface area contributed by atoms with Gasteiger partial charge in [0.25, 0.3) is 5.56 Å². The van der Waals surface area contributed by atoms with Gasteiger partial charge >= 0.3 is 11.7 Å². The Morgan fingerprint density at radius 2 is 2.03 bits per heavy atom. The van der Waals surface area contributed by atoms with Crippen LogP contribution in [0.2, 0.25) is 0 Å². The molecule has 0 aliphatic heterocycles. The number of aliphatic hydroxyl groups is 1. The maximum atomic E-state index is 13.8. The molecular formula is C25H33FN6O6S. The molecule has 0 saturated carbocycles. The number of anilines is 1. The fourth-order valence-corrected chi connectivity index (χ4v) is 4.60. The van der Waals surface area contributed by atoms with Crippen molar-refractivity contribution in [3.8, 4) is 5.75 Å². The molecule has 3 aromatic rings. The number of carboxylic acid groups (broad SMARTS) is 1. The van der Waals surface area contributed by atoms with Crippen LogP contribution in [0.3, 0.4) is 0 Å². The second kappa shape index (κ2) is 13.3. The Morgan fingerprint density at radius 1 is 1.38 bits per heavy atom. The van der Waals surface area contributed by atoms with Gasteiger partial charge in [-0.15, -0.1) is 0 Å². The molecule has 2 heterocycles. The Bertz CT molecular complexity index is 1490. The summed E-state index contributed by atoms with van der Waals surface area (Å²) in [6.07, 6.45) is 2.37. The molecule has 39 heavy (non-hydrogen) atoms. The van der Waals surface area contributed by atoms with Crippen LogP contribution in [0, 0.1) is 18.2 Å². The van der Waals surface area contributed by atoms with Crippen LogP contribution in [-0.2, 0) is 17.8 Å². The highest BCUT2D eigenvalue weighted by Crippen LogP contribution is 2.33. The van der Waals surface area contributed by atoms with E-state index in [0.717, 1.165) is 17.6 Å². The van der Waals surface area contributed by atoms with Crippen LogP contribution in [0.5, 0.6) is 5.75 Å². The summed E-state index contributed by atoms with van der Waals surface area (Å²) in [5.74, 6) is -1.34. The van der Waals surface area contributed by atoms with E-state index < -0.39 is 34.6 Å². The summed E-state index contributed by atoms with van der Waals surface area (Å²) in [4.78, 5) is 38.3. The summed E-state index contributed by atoms with van der Waals surface area (Å²) in [5, 5.41) is 29.3. The Labute approximate surface area is 227 Å². The summed E-state index contributed by atoms with van der Waals surface area (Å²) >= 11 is 1.10. The number of carbonyl (C=O) groups is 1. The molecule has 0 aliphatic rings. The van der Waals surface area contributed by atoms with Crippen molar-refractivity contribution in [2.75, 3.05) is 19.1 Å². The largest absolute Gasteiger partial charge is 0.496 e. The number of fused-ring (bicyclic) bond motifs is 1. The zero-order valence-corrected chi connectivity index (χ0v) is 23.1. The lowest BCUT2D eigenvalue weighted by molar-refractivity contribution is -0.140. The molecule has 6 N–H and O–H groups in total. The third-order valence-electron chi connectivity index (χ3n) is 5.56. The van der Waals surface area contributed by atoms with E-state index in [2.05, 4.69) is 10.5 Å². The van der Waals surface area contributed by atoms with Crippen molar-refractivity contribution in [3.05, 3.63) is 56.0 Å². The van der Waals surface area contributed by atoms with Crippen molar-refractivity contribution in [1.29, 1.82) is 5.41 Å². The van der Waals surface area contributed by atoms with Crippen LogP contribution < -0.4 is 27.1 Å². The average Bonchev–Trinajstić information content (AvgIpc) is 3.20. The van der Waals surface area contributed by atoms with E-state index >= 15 is 0 Å². The molecule has 0 amide bonds. The number of methoxy groups -OCH3 is 1. The van der Waals surface area contributed by atoms with Crippen molar-refractivity contribution >= 4 is 45.0 Å². The second-order valence-electron chi connectivity index (χ2n) is 9.27. The van der Waals surface area contributed by atoms with E-state index in [1.165, 1.54) is 43.0 Å². The molecule has 1 atom stereocenters. The molecule has 0 bridgehead atoms. The number of thiophene rings is 1. The maximum Gasteiger partial charge on any atom is 0.332 e. The number of nitrogens with two attached hydrogens (primary N) is 1. The molecule has 0 radical (unpaired) electrons. The first-order valence-corrected chi connectivity index (χ1v) is 12.6. The predicted octanol–water partition coefficient (Wildman–Crippen LogP) is 2.33. The molecule has 0 spiro atoms. The standard InChI is InChI=1S/C21H22FN5O5S.C4H11NO/c1-11-16-18(28)27(12(2)20(29)30)21(31)26(19(16)33-17(11)25-24-8-7-23)9-6-13-10-14(22)4-5-15(13)32-3;1-4(2,5)3-6/h4-5,7-8,10,12,23,25H,6,9H2,1-3H3,(H,29,30);6H,3,5H2,1-2H3/b23-7?,24-8-;. The molecule has 14 heteroatoms. The van der Waals surface area contributed by atoms with Gasteiger partial charge in [0.05, 0.1) is 25.3 Å². The number of ether oxygens (including phenoxy) is 1. The molecule has 1 unspecified atom stereocenters. The minimum Gasteiger partial charge on any atom is -0.496 e. The van der Waals surface area contributed by atoms with Gasteiger partial charge < -0.3 is 26.1 Å². The Kier molecular flexibility index (Phi) is 10.7. The van der Waals surface area contributed by atoms with Gasteiger partial charge in [-0.05, 0) is 57.9 Å². The number of aryl methyl sites for hydroxylation is 3. The van der Waals surface area contributed by atoms with Gasteiger partial charge in [-0.25, -0.2) is 18.5 Å². The summed E-state index contributed by atoms with van der Waals surface area (Å²) in [6, 6.07) is 2.65. The summed E-state index contributed by atoms with van der Waals surface area (Å²) in [7, 11) is 1.45. The van der Waals surface area contributed by atoms with E-state index in [0.29, 0.717) is 31.3 Å². The Balaban J connectivity index is 0.000000798. The van der Waals surface area contributed by atoms with Gasteiger partial charge in [-0.1, -0.05) is 11.3 Å². The van der Waals surface area contributed by atoms with Crippen LogP contribution in [-0.4, -0.2) is 57.0 Å². The number of nitrogens with one attached hydrogen (secondary N) is 2. The van der Waals surface area contributed by atoms with Crippen molar-refractivity contribution in [3.63, 3.8) is 0 Å². The zero-order valence-electron chi connectivity index (χ0n) is 22.3. The molecule has 2 aromatic heterocycles. The van der Waals surface area contributed by atoms with E-state index in [4.69, 9.17) is 21.0 Å². The highest BCUT2D eigenvalue weighted by atomic mass is 32.1. The van der Waals surface area contributed by atoms with Crippen molar-refractivity contribution in [1.82, 2.24) is 9.13 Å². The third-order valence-corrected chi connectivity index (χ3v) is 6.78. The SMILES string of the molecule is CC(C)(N)CO.COc1ccc(F)cc1CCn1c(=O)n(C(C)C(=O)O)c(=O)c2c(C)c(N/N=C\C=N)sc21. The number of hydrogen-bond donors (Lipinski definition) is 5. The van der Waals surface area contributed by atoms with Crippen LogP contribution >= 0.6 is 11.3 Å². The van der Waals surface area contributed by atoms with Gasteiger partial charge in [0.15, 0.2) is 0 Å². The topological polar surface area (TPSA) is 185 Å². The molecule has 1 aromatic carbocycles. The minimum atomic E-state index is -1.39. The Morgan fingerprint density at radius 3 is 2.56 bits per heavy atom. The van der Waals surface area contributed by atoms with E-state index in [1.807, 2.05) is 0 Å². The zero-order chi connectivity index (χ0) is 29.5. The number of carboxylic acids is 1. The lowest BCUT2D eigenvalue weighted by atomic mass is 10.1. The second-order valence-corrected chi connectivity index (χ2v) is 10.3. The van der Waals surface area contributed by atoms with Gasteiger partial charge in [-0.3, -0.25) is 14.8 Å². The maximum absolute atomic E-state index is 13.8. The van der Waals surface area contributed by atoms with Crippen LogP contribution in [0.25, 0.3) is 10.2 Å². The fourth-order valence-electron chi connectivity index (χ4n) is 3.43. The predicted molar refractivity (Wildman–Crippen MR) is 150 cm³/mol. The van der Waals surface area contributed by atoms with Crippen molar-refractivity contribution in [2.24, 2.45) is 10.8 Å². The first-order chi connectivity index (χ1) is 18.3. The number of hydrogen-bond acceptors (Lipinski definition) is 10. The van der Waals surface area contributed by atoms with Gasteiger partial charge in [0, 0.05) is 23.9 Å². The third kappa shape index (κ3) is 7.59. The van der Waals surface area contributed by atoms with Crippen molar-refractivity contribution in [2.45, 2.75) is 52.2 Å². The van der Waals surface area contributed by atoms with Crippen LogP contribution in [0.15, 0.2) is 32.9 Å². The quantitative estimate of drug-likeness (QED) is 0.183. The first kappa shape index (κ1) is 31.3. The number of halogens is 1. The number of nitrogens with zero attached hydrogens (tertiary/aromatic N) is 3.